The molecule has 2 nitrogen and oxygen atoms in total. The van der Waals surface area contributed by atoms with Crippen molar-refractivity contribution >= 4 is 42.8 Å². The lowest BCUT2D eigenvalue weighted by molar-refractivity contribution is 0.468. The van der Waals surface area contributed by atoms with Gasteiger partial charge in [-0.2, -0.15) is 0 Å². The van der Waals surface area contributed by atoms with Gasteiger partial charge in [0.2, 0.25) is 0 Å². The molecular formula is C16H11Br2O2. The van der Waals surface area contributed by atoms with Crippen LogP contribution in [0.5, 0.6) is 5.75 Å². The molecule has 0 aliphatic heterocycles. The summed E-state index contributed by atoms with van der Waals surface area (Å²) in [4.78, 5) is 0. The average molecular weight is 395 g/mol. The molecule has 0 aliphatic carbocycles. The van der Waals surface area contributed by atoms with E-state index in [0.717, 1.165) is 34.3 Å². The molecule has 0 unspecified atom stereocenters. The van der Waals surface area contributed by atoms with Crippen LogP contribution in [0.3, 0.4) is 0 Å². The molecule has 4 heteroatoms. The van der Waals surface area contributed by atoms with Crippen molar-refractivity contribution in [2.45, 2.75) is 13.3 Å². The van der Waals surface area contributed by atoms with Gasteiger partial charge in [0.25, 0.3) is 0 Å². The van der Waals surface area contributed by atoms with Crippen LogP contribution < -0.4 is 0 Å². The van der Waals surface area contributed by atoms with Crippen molar-refractivity contribution in [3.8, 4) is 16.9 Å². The molecule has 3 aromatic rings. The van der Waals surface area contributed by atoms with E-state index >= 15 is 0 Å². The third kappa shape index (κ3) is 2.07. The zero-order valence-electron chi connectivity index (χ0n) is 10.7. The molecule has 1 N–H and O–H groups in total. The number of furan rings is 1. The Morgan fingerprint density at radius 1 is 1.25 bits per heavy atom. The Morgan fingerprint density at radius 2 is 2.00 bits per heavy atom. The second-order valence-electron chi connectivity index (χ2n) is 4.42. The van der Waals surface area contributed by atoms with E-state index in [-0.39, 0.29) is 5.75 Å². The maximum Gasteiger partial charge on any atom is 0.144 e. The maximum absolute atomic E-state index is 10.1. The van der Waals surface area contributed by atoms with Gasteiger partial charge in [0, 0.05) is 22.9 Å². The molecule has 0 fully saturated rings. The van der Waals surface area contributed by atoms with Crippen LogP contribution in [0.25, 0.3) is 22.1 Å². The van der Waals surface area contributed by atoms with E-state index in [2.05, 4.69) is 37.9 Å². The second-order valence-corrected chi connectivity index (χ2v) is 6.07. The minimum atomic E-state index is 0.172. The van der Waals surface area contributed by atoms with Crippen LogP contribution in [0.2, 0.25) is 0 Å². The van der Waals surface area contributed by atoms with Gasteiger partial charge in [-0.15, -0.1) is 0 Å². The van der Waals surface area contributed by atoms with E-state index in [1.807, 2.05) is 31.2 Å². The van der Waals surface area contributed by atoms with Crippen molar-refractivity contribution in [2.75, 3.05) is 0 Å². The third-order valence-corrected chi connectivity index (χ3v) is 4.61. The molecule has 0 spiro atoms. The van der Waals surface area contributed by atoms with Crippen molar-refractivity contribution in [3.05, 3.63) is 51.1 Å². The number of hydrogen-bond donors (Lipinski definition) is 1. The Bertz CT molecular complexity index is 791. The lowest BCUT2D eigenvalue weighted by atomic mass is 10.0. The molecule has 0 saturated carbocycles. The molecule has 0 atom stereocenters. The first-order valence-electron chi connectivity index (χ1n) is 6.23. The molecule has 2 aromatic carbocycles. The first-order chi connectivity index (χ1) is 9.63. The van der Waals surface area contributed by atoms with E-state index < -0.39 is 0 Å². The van der Waals surface area contributed by atoms with Crippen molar-refractivity contribution in [2.24, 2.45) is 0 Å². The summed E-state index contributed by atoms with van der Waals surface area (Å²) >= 11 is 6.74. The van der Waals surface area contributed by atoms with E-state index in [9.17, 15) is 5.11 Å². The summed E-state index contributed by atoms with van der Waals surface area (Å²) in [7, 11) is 0. The van der Waals surface area contributed by atoms with Crippen molar-refractivity contribution in [1.82, 2.24) is 0 Å². The first-order valence-corrected chi connectivity index (χ1v) is 7.81. The smallest absolute Gasteiger partial charge is 0.144 e. The Balaban J connectivity index is 2.37. The predicted octanol–water partition coefficient (Wildman–Crippen LogP) is 5.69. The summed E-state index contributed by atoms with van der Waals surface area (Å²) in [5, 5.41) is 11.1. The Morgan fingerprint density at radius 3 is 2.75 bits per heavy atom. The van der Waals surface area contributed by atoms with E-state index in [1.165, 1.54) is 0 Å². The Kier molecular flexibility index (Phi) is 3.61. The largest absolute Gasteiger partial charge is 0.506 e. The quantitative estimate of drug-likeness (QED) is 0.605. The maximum atomic E-state index is 10.1. The summed E-state index contributed by atoms with van der Waals surface area (Å²) < 4.78 is 7.12. The van der Waals surface area contributed by atoms with Crippen LogP contribution in [0.15, 0.2) is 43.7 Å². The number of halogens is 2. The summed E-state index contributed by atoms with van der Waals surface area (Å²) in [5.74, 6) is 1.07. The van der Waals surface area contributed by atoms with Crippen LogP contribution in [0.4, 0.5) is 0 Å². The number of phenolic OH excluding ortho intramolecular Hbond substituents is 1. The number of rotatable bonds is 2. The third-order valence-electron chi connectivity index (χ3n) is 3.24. The molecule has 1 aromatic heterocycles. The second kappa shape index (κ2) is 5.26. The molecule has 0 saturated heterocycles. The van der Waals surface area contributed by atoms with Gasteiger partial charge < -0.3 is 9.52 Å². The van der Waals surface area contributed by atoms with Crippen molar-refractivity contribution in [1.29, 1.82) is 0 Å². The molecule has 0 bridgehead atoms. The highest BCUT2D eigenvalue weighted by Gasteiger charge is 2.19. The van der Waals surface area contributed by atoms with Crippen LogP contribution in [0.1, 0.15) is 12.7 Å². The molecule has 20 heavy (non-hydrogen) atoms. The monoisotopic (exact) mass is 393 g/mol. The van der Waals surface area contributed by atoms with Crippen LogP contribution in [-0.4, -0.2) is 5.11 Å². The number of aryl methyl sites for hydroxylation is 1. The molecule has 3 rings (SSSR count). The van der Waals surface area contributed by atoms with Gasteiger partial charge in [0.15, 0.2) is 0 Å². The van der Waals surface area contributed by atoms with Crippen molar-refractivity contribution < 1.29 is 9.52 Å². The zero-order valence-corrected chi connectivity index (χ0v) is 13.9. The van der Waals surface area contributed by atoms with Crippen LogP contribution >= 0.6 is 31.9 Å². The summed E-state index contributed by atoms with van der Waals surface area (Å²) in [5.41, 5.74) is 2.65. The minimum absolute atomic E-state index is 0.172. The fourth-order valence-corrected chi connectivity index (χ4v) is 3.40. The molecule has 101 valence electrons. The summed E-state index contributed by atoms with van der Waals surface area (Å²) in [6.07, 6.45) is 0.779. The van der Waals surface area contributed by atoms with Crippen molar-refractivity contribution in [3.63, 3.8) is 0 Å². The highest BCUT2D eigenvalue weighted by atomic mass is 79.9. The van der Waals surface area contributed by atoms with Gasteiger partial charge in [0.05, 0.1) is 8.95 Å². The van der Waals surface area contributed by atoms with Gasteiger partial charge in [-0.25, -0.2) is 0 Å². The number of benzene rings is 2. The fourth-order valence-electron chi connectivity index (χ4n) is 2.29. The van der Waals surface area contributed by atoms with Crippen LogP contribution in [0, 0.1) is 6.07 Å². The highest BCUT2D eigenvalue weighted by Crippen LogP contribution is 2.43. The average Bonchev–Trinajstić information content (AvgIpc) is 2.84. The lowest BCUT2D eigenvalue weighted by Crippen LogP contribution is -1.86. The number of fused-ring (bicyclic) bond motifs is 1. The number of para-hydroxylation sites is 1. The summed E-state index contributed by atoms with van der Waals surface area (Å²) in [6.45, 7) is 2.05. The van der Waals surface area contributed by atoms with E-state index in [4.69, 9.17) is 4.42 Å². The normalized spacial score (nSPS) is 11.2. The summed E-state index contributed by atoms with van der Waals surface area (Å²) in [6, 6.07) is 12.8. The van der Waals surface area contributed by atoms with Gasteiger partial charge in [-0.05, 0) is 50.1 Å². The SMILES string of the molecule is CCc1oc2ccccc2c1-c1[c]cc(Br)c(O)c1Br. The number of hydrogen-bond acceptors (Lipinski definition) is 2. The van der Waals surface area contributed by atoms with E-state index in [1.54, 1.807) is 6.07 Å². The van der Waals surface area contributed by atoms with Gasteiger partial charge in [0.1, 0.15) is 17.1 Å². The van der Waals surface area contributed by atoms with Gasteiger partial charge >= 0.3 is 0 Å². The first kappa shape index (κ1) is 13.7. The molecular weight excluding hydrogens is 384 g/mol. The molecule has 0 amide bonds. The lowest BCUT2D eigenvalue weighted by Gasteiger charge is -2.08. The molecule has 0 aliphatic rings. The Hall–Kier alpha value is -1.26. The van der Waals surface area contributed by atoms with Gasteiger partial charge in [-0.3, -0.25) is 0 Å². The van der Waals surface area contributed by atoms with Crippen LogP contribution in [-0.2, 0) is 6.42 Å². The predicted molar refractivity (Wildman–Crippen MR) is 86.9 cm³/mol. The number of aromatic hydroxyl groups is 1. The minimum Gasteiger partial charge on any atom is -0.506 e. The Labute approximate surface area is 133 Å². The molecule has 1 heterocycles. The molecule has 1 radical (unpaired) electrons. The number of phenols is 1. The highest BCUT2D eigenvalue weighted by molar-refractivity contribution is 9.11. The fraction of sp³-hybridized carbons (Fsp3) is 0.125. The zero-order chi connectivity index (χ0) is 14.3. The topological polar surface area (TPSA) is 33.4 Å². The van der Waals surface area contributed by atoms with Gasteiger partial charge in [-0.1, -0.05) is 25.1 Å². The van der Waals surface area contributed by atoms with E-state index in [0.29, 0.717) is 8.95 Å². The standard InChI is InChI=1S/C16H11Br2O2/c1-2-12-14(9-5-3-4-6-13(9)20-12)10-7-8-11(17)16(19)15(10)18/h3-6,8,19H,2H2,1H3.